The van der Waals surface area contributed by atoms with Crippen molar-refractivity contribution in [1.29, 1.82) is 0 Å². The monoisotopic (exact) mass is 529 g/mol. The van der Waals surface area contributed by atoms with Crippen LogP contribution in [0.3, 0.4) is 0 Å². The summed E-state index contributed by atoms with van der Waals surface area (Å²) in [5.41, 5.74) is 7.06. The van der Waals surface area contributed by atoms with Crippen molar-refractivity contribution in [3.63, 3.8) is 0 Å². The van der Waals surface area contributed by atoms with Crippen molar-refractivity contribution in [2.24, 2.45) is 11.7 Å². The van der Waals surface area contributed by atoms with Gasteiger partial charge >= 0.3 is 0 Å². The minimum absolute atomic E-state index is 0.0691. The fourth-order valence-corrected chi connectivity index (χ4v) is 6.36. The van der Waals surface area contributed by atoms with Crippen LogP contribution in [0.15, 0.2) is 42.1 Å². The predicted molar refractivity (Wildman–Crippen MR) is 139 cm³/mol. The maximum absolute atomic E-state index is 13.2. The smallest absolute Gasteiger partial charge is 0.251 e. The van der Waals surface area contributed by atoms with Gasteiger partial charge in [-0.25, -0.2) is 4.39 Å². The van der Waals surface area contributed by atoms with Crippen LogP contribution in [0.2, 0.25) is 0 Å². The van der Waals surface area contributed by atoms with Gasteiger partial charge in [0.15, 0.2) is 17.1 Å². The third-order valence-electron chi connectivity index (χ3n) is 5.89. The molecule has 2 heterocycles. The fraction of sp³-hybridized carbons (Fsp3) is 0.360. The molecule has 1 aromatic carbocycles. The van der Waals surface area contributed by atoms with Gasteiger partial charge in [-0.15, -0.1) is 28.1 Å². The molecule has 0 saturated carbocycles. The Morgan fingerprint density at radius 1 is 1.39 bits per heavy atom. The zero-order valence-electron chi connectivity index (χ0n) is 20.1. The number of amides is 2. The second-order valence-electron chi connectivity index (χ2n) is 8.71. The van der Waals surface area contributed by atoms with E-state index < -0.39 is 12.0 Å². The molecule has 0 fully saturated rings. The van der Waals surface area contributed by atoms with Gasteiger partial charge in [-0.3, -0.25) is 14.2 Å². The molecule has 0 saturated heterocycles. The van der Waals surface area contributed by atoms with E-state index >= 15 is 0 Å². The summed E-state index contributed by atoms with van der Waals surface area (Å²) in [6.07, 6.45) is 3.91. The lowest BCUT2D eigenvalue weighted by Crippen LogP contribution is -2.20. The number of halogens is 1. The van der Waals surface area contributed by atoms with Crippen LogP contribution >= 0.6 is 23.1 Å². The number of fused-ring (bicyclic) bond motifs is 1. The Morgan fingerprint density at radius 3 is 2.83 bits per heavy atom. The van der Waals surface area contributed by atoms with Crippen molar-refractivity contribution in [2.45, 2.75) is 50.9 Å². The number of nitrogens with one attached hydrogen (secondary N) is 1. The number of nitrogens with zero attached hydrogens (tertiary/aromatic N) is 3. The molecule has 3 aromatic rings. The van der Waals surface area contributed by atoms with E-state index in [9.17, 15) is 14.0 Å². The molecule has 1 aliphatic carbocycles. The van der Waals surface area contributed by atoms with Gasteiger partial charge in [-0.1, -0.05) is 24.8 Å². The minimum atomic E-state index is -0.518. The molecule has 0 bridgehead atoms. The first-order chi connectivity index (χ1) is 17.3. The largest absolute Gasteiger partial charge is 0.483 e. The maximum Gasteiger partial charge on any atom is 0.251 e. The Bertz CT molecular complexity index is 1270. The Kier molecular flexibility index (Phi) is 8.10. The van der Waals surface area contributed by atoms with Crippen LogP contribution in [0.5, 0.6) is 5.75 Å². The summed E-state index contributed by atoms with van der Waals surface area (Å²) in [7, 11) is 0. The van der Waals surface area contributed by atoms with Crippen LogP contribution in [0.4, 0.5) is 9.39 Å². The summed E-state index contributed by atoms with van der Waals surface area (Å²) in [5, 5.41) is 12.4. The molecule has 8 nitrogen and oxygen atoms in total. The highest BCUT2D eigenvalue weighted by Gasteiger charge is 2.27. The van der Waals surface area contributed by atoms with Crippen LogP contribution in [0, 0.1) is 11.7 Å². The molecular formula is C25H28FN5O3S2. The number of hydrogen-bond acceptors (Lipinski definition) is 7. The second kappa shape index (κ2) is 11.3. The molecule has 4 rings (SSSR count). The average molecular weight is 530 g/mol. The van der Waals surface area contributed by atoms with E-state index in [0.29, 0.717) is 39.8 Å². The maximum atomic E-state index is 13.2. The Hall–Kier alpha value is -3.18. The van der Waals surface area contributed by atoms with E-state index in [0.717, 1.165) is 29.7 Å². The first kappa shape index (κ1) is 25.9. The first-order valence-electron chi connectivity index (χ1n) is 11.6. The number of hydrogen-bond donors (Lipinski definition) is 2. The van der Waals surface area contributed by atoms with Gasteiger partial charge < -0.3 is 15.8 Å². The summed E-state index contributed by atoms with van der Waals surface area (Å²) in [6.45, 7) is 8.22. The van der Waals surface area contributed by atoms with E-state index in [1.54, 1.807) is 18.2 Å². The van der Waals surface area contributed by atoms with E-state index in [1.807, 2.05) is 11.5 Å². The number of rotatable bonds is 10. The lowest BCUT2D eigenvalue weighted by Gasteiger charge is -2.18. The molecule has 0 aliphatic heterocycles. The molecule has 2 aromatic heterocycles. The zero-order valence-corrected chi connectivity index (χ0v) is 21.8. The number of carbonyl (C=O) groups is 2. The summed E-state index contributed by atoms with van der Waals surface area (Å²) in [4.78, 5) is 26.1. The van der Waals surface area contributed by atoms with Crippen molar-refractivity contribution in [3.05, 3.63) is 64.6 Å². The third kappa shape index (κ3) is 5.79. The van der Waals surface area contributed by atoms with Crippen molar-refractivity contribution in [2.75, 3.05) is 11.1 Å². The van der Waals surface area contributed by atoms with Gasteiger partial charge in [0.1, 0.15) is 16.6 Å². The van der Waals surface area contributed by atoms with E-state index in [-0.39, 0.29) is 17.5 Å². The second-order valence-corrected chi connectivity index (χ2v) is 10.8. The van der Waals surface area contributed by atoms with Crippen molar-refractivity contribution < 1.29 is 18.7 Å². The number of allylic oxidation sites excluding steroid dienone is 1. The lowest BCUT2D eigenvalue weighted by atomic mass is 9.88. The molecule has 0 radical (unpaired) electrons. The summed E-state index contributed by atoms with van der Waals surface area (Å²) in [6, 6.07) is 5.74. The number of anilines is 1. The molecule has 36 heavy (non-hydrogen) atoms. The fourth-order valence-electron chi connectivity index (χ4n) is 4.17. The van der Waals surface area contributed by atoms with Gasteiger partial charge in [0.25, 0.3) is 5.91 Å². The standard InChI is InChI=1S/C25H28FN5O3S2/c1-4-11-31-23(15(3)34-17-8-6-16(26)7-9-17)29-30-25(31)35-13-20(32)28-24-21(22(27)33)18-10-5-14(2)12-19(18)36-24/h4,6-9,14-15H,1,5,10-13H2,2-3H3,(H2,27,33)(H,28,32). The quantitative estimate of drug-likeness (QED) is 0.289. The molecule has 0 spiro atoms. The summed E-state index contributed by atoms with van der Waals surface area (Å²) in [5.74, 6) is 0.537. The predicted octanol–water partition coefficient (Wildman–Crippen LogP) is 4.76. The van der Waals surface area contributed by atoms with Crippen LogP contribution in [-0.4, -0.2) is 32.3 Å². The SMILES string of the molecule is C=CCn1c(SCC(=O)Nc2sc3c(c2C(N)=O)CCC(C)C3)nnc1C(C)Oc1ccc(F)cc1. The highest BCUT2D eigenvalue weighted by atomic mass is 32.2. The van der Waals surface area contributed by atoms with Crippen LogP contribution in [0.25, 0.3) is 0 Å². The van der Waals surface area contributed by atoms with Gasteiger partial charge in [-0.05, 0) is 61.9 Å². The van der Waals surface area contributed by atoms with Crippen molar-refractivity contribution >= 4 is 39.9 Å². The molecule has 2 unspecified atom stereocenters. The van der Waals surface area contributed by atoms with Crippen LogP contribution < -0.4 is 15.8 Å². The molecular weight excluding hydrogens is 501 g/mol. The molecule has 2 amide bonds. The molecule has 2 atom stereocenters. The van der Waals surface area contributed by atoms with Gasteiger partial charge in [0, 0.05) is 11.4 Å². The van der Waals surface area contributed by atoms with Gasteiger partial charge in [0.2, 0.25) is 5.91 Å². The highest BCUT2D eigenvalue weighted by molar-refractivity contribution is 7.99. The van der Waals surface area contributed by atoms with Crippen molar-refractivity contribution in [1.82, 2.24) is 14.8 Å². The topological polar surface area (TPSA) is 112 Å². The number of thioether (sulfide) groups is 1. The zero-order chi connectivity index (χ0) is 25.8. The average Bonchev–Trinajstić information content (AvgIpc) is 3.39. The lowest BCUT2D eigenvalue weighted by molar-refractivity contribution is -0.113. The van der Waals surface area contributed by atoms with E-state index in [1.165, 1.54) is 35.2 Å². The summed E-state index contributed by atoms with van der Waals surface area (Å²) >= 11 is 2.66. The number of nitrogens with two attached hydrogens (primary N) is 1. The van der Waals surface area contributed by atoms with E-state index in [4.69, 9.17) is 10.5 Å². The molecule has 11 heteroatoms. The van der Waals surface area contributed by atoms with Crippen LogP contribution in [0.1, 0.15) is 53.0 Å². The Labute approximate surface area is 217 Å². The Morgan fingerprint density at radius 2 is 2.14 bits per heavy atom. The normalized spacial score (nSPS) is 15.7. The van der Waals surface area contributed by atoms with Gasteiger partial charge in [0.05, 0.1) is 11.3 Å². The molecule has 3 N–H and O–H groups in total. The number of ether oxygens (including phenoxy) is 1. The van der Waals surface area contributed by atoms with Gasteiger partial charge in [-0.2, -0.15) is 0 Å². The minimum Gasteiger partial charge on any atom is -0.483 e. The van der Waals surface area contributed by atoms with Crippen LogP contribution in [-0.2, 0) is 24.2 Å². The number of aromatic nitrogens is 3. The summed E-state index contributed by atoms with van der Waals surface area (Å²) < 4.78 is 20.9. The number of thiophene rings is 1. The number of primary amides is 1. The Balaban J connectivity index is 1.44. The first-order valence-corrected chi connectivity index (χ1v) is 13.4. The van der Waals surface area contributed by atoms with Crippen molar-refractivity contribution in [3.8, 4) is 5.75 Å². The molecule has 1 aliphatic rings. The number of carbonyl (C=O) groups excluding carboxylic acids is 2. The van der Waals surface area contributed by atoms with E-state index in [2.05, 4.69) is 29.0 Å². The number of benzene rings is 1. The molecule has 190 valence electrons. The third-order valence-corrected chi connectivity index (χ3v) is 8.03. The highest BCUT2D eigenvalue weighted by Crippen LogP contribution is 2.39.